The van der Waals surface area contributed by atoms with Crippen LogP contribution in [-0.2, 0) is 30.1 Å². The number of nitrogens with one attached hydrogen (secondary N) is 2. The molecule has 1 heterocycles. The zero-order chi connectivity index (χ0) is 33.4. The van der Waals surface area contributed by atoms with Crippen LogP contribution in [0, 0.1) is 6.92 Å². The molecule has 0 atom stereocenters. The second-order valence-corrected chi connectivity index (χ2v) is 14.3. The van der Waals surface area contributed by atoms with Crippen molar-refractivity contribution < 1.29 is 44.6 Å². The Morgan fingerprint density at radius 1 is 0.756 bits per heavy atom. The molecule has 3 aromatic rings. The number of pyridine rings is 1. The van der Waals surface area contributed by atoms with E-state index >= 15 is 0 Å². The van der Waals surface area contributed by atoms with Gasteiger partial charge in [0.15, 0.2) is 21.5 Å². The summed E-state index contributed by atoms with van der Waals surface area (Å²) in [6, 6.07) is 8.18. The fourth-order valence-electron chi connectivity index (χ4n) is 3.59. The van der Waals surface area contributed by atoms with Gasteiger partial charge in [-0.1, -0.05) is 0 Å². The first-order valence-electron chi connectivity index (χ1n) is 12.8. The van der Waals surface area contributed by atoms with E-state index in [4.69, 9.17) is 15.4 Å². The number of hydrogen-bond donors (Lipinski definition) is 7. The molecule has 0 aliphatic carbocycles. The van der Waals surface area contributed by atoms with Gasteiger partial charge in [-0.3, -0.25) is 9.11 Å². The lowest BCUT2D eigenvalue weighted by atomic mass is 10.2. The van der Waals surface area contributed by atoms with Crippen LogP contribution in [0.2, 0.25) is 0 Å². The van der Waals surface area contributed by atoms with Crippen molar-refractivity contribution in [1.29, 1.82) is 0 Å². The highest BCUT2D eigenvalue weighted by Gasteiger charge is 2.19. The standard InChI is InChI=1S/C24H30N8O10S3/c1-15-21(25)23(27-9-12-43(35,36)13-11-34)28-24(26-8-10-33)22(15)32-31-19-7-4-17(14-20(19)45(40,41)42)30-29-16-2-5-18(6-3-16)44(37,38)39/h2-7,14,33-34H,8-13,25H2,1H3,(H2,26,27,28)(H,37,38,39)(H,40,41,42)/b30-29+,32-31+. The van der Waals surface area contributed by atoms with Crippen LogP contribution in [0.25, 0.3) is 0 Å². The van der Waals surface area contributed by atoms with Crippen LogP contribution in [-0.4, -0.2) is 87.4 Å². The molecular weight excluding hydrogens is 657 g/mol. The maximum atomic E-state index is 12.2. The lowest BCUT2D eigenvalue weighted by molar-refractivity contribution is 0.311. The molecule has 21 heteroatoms. The Morgan fingerprint density at radius 2 is 1.38 bits per heavy atom. The first-order chi connectivity index (χ1) is 21.1. The number of nitrogen functional groups attached to an aromatic ring is 1. The van der Waals surface area contributed by atoms with Crippen LogP contribution in [0.1, 0.15) is 5.56 Å². The number of aliphatic hydroxyl groups is 2. The molecule has 0 aliphatic rings. The maximum absolute atomic E-state index is 12.2. The summed E-state index contributed by atoms with van der Waals surface area (Å²) < 4.78 is 89.4. The van der Waals surface area contributed by atoms with Crippen molar-refractivity contribution in [3.8, 4) is 0 Å². The largest absolute Gasteiger partial charge is 0.395 e. The third-order valence-corrected chi connectivity index (χ3v) is 9.25. The minimum Gasteiger partial charge on any atom is -0.395 e. The van der Waals surface area contributed by atoms with Gasteiger partial charge < -0.3 is 26.6 Å². The summed E-state index contributed by atoms with van der Waals surface area (Å²) in [5.74, 6) is -0.531. The van der Waals surface area contributed by atoms with Gasteiger partial charge in [0.25, 0.3) is 20.2 Å². The number of aliphatic hydroxyl groups excluding tert-OH is 2. The summed E-state index contributed by atoms with van der Waals surface area (Å²) in [4.78, 5) is 3.28. The van der Waals surface area contributed by atoms with Crippen LogP contribution >= 0.6 is 0 Å². The Hall–Kier alpha value is -4.12. The van der Waals surface area contributed by atoms with Crippen molar-refractivity contribution >= 4 is 70.1 Å². The fraction of sp³-hybridized carbons (Fsp3) is 0.292. The van der Waals surface area contributed by atoms with Crippen molar-refractivity contribution in [2.75, 3.05) is 54.2 Å². The number of azo groups is 2. The summed E-state index contributed by atoms with van der Waals surface area (Å²) >= 11 is 0. The van der Waals surface area contributed by atoms with Crippen molar-refractivity contribution in [3.63, 3.8) is 0 Å². The van der Waals surface area contributed by atoms with E-state index in [1.807, 2.05) is 0 Å². The second kappa shape index (κ2) is 14.8. The Bertz CT molecular complexity index is 1920. The SMILES string of the molecule is Cc1c(N)c(NCCS(=O)(=O)CCO)nc(NCCO)c1/N=N/c1ccc(/N=N/c2ccc(S(=O)(=O)O)cc2)cc1S(=O)(=O)O. The molecule has 0 saturated heterocycles. The van der Waals surface area contributed by atoms with Crippen LogP contribution in [0.5, 0.6) is 0 Å². The normalized spacial score (nSPS) is 12.6. The first-order valence-corrected chi connectivity index (χ1v) is 17.5. The van der Waals surface area contributed by atoms with E-state index in [0.717, 1.165) is 18.2 Å². The quantitative estimate of drug-likeness (QED) is 0.0893. The lowest BCUT2D eigenvalue weighted by Crippen LogP contribution is -2.21. The molecular formula is C24H30N8O10S3. The molecule has 0 fully saturated rings. The third kappa shape index (κ3) is 9.94. The fourth-order valence-corrected chi connectivity index (χ4v) is 5.61. The molecule has 1 aromatic heterocycles. The molecule has 0 bridgehead atoms. The van der Waals surface area contributed by atoms with Gasteiger partial charge in [0.1, 0.15) is 16.3 Å². The van der Waals surface area contributed by atoms with E-state index in [1.165, 1.54) is 24.3 Å². The van der Waals surface area contributed by atoms with Crippen LogP contribution < -0.4 is 16.4 Å². The molecule has 45 heavy (non-hydrogen) atoms. The smallest absolute Gasteiger partial charge is 0.296 e. The first kappa shape index (κ1) is 35.4. The van der Waals surface area contributed by atoms with Crippen LogP contribution in [0.4, 0.5) is 40.1 Å². The summed E-state index contributed by atoms with van der Waals surface area (Å²) in [6.45, 7) is 0.698. The predicted molar refractivity (Wildman–Crippen MR) is 164 cm³/mol. The molecule has 0 aliphatic heterocycles. The molecule has 0 radical (unpaired) electrons. The lowest BCUT2D eigenvalue weighted by Gasteiger charge is -2.16. The molecule has 18 nitrogen and oxygen atoms in total. The highest BCUT2D eigenvalue weighted by atomic mass is 32.2. The molecule has 8 N–H and O–H groups in total. The number of sulfone groups is 1. The van der Waals surface area contributed by atoms with E-state index in [2.05, 4.69) is 36.1 Å². The Labute approximate surface area is 258 Å². The summed E-state index contributed by atoms with van der Waals surface area (Å²) in [6.07, 6.45) is 0. The highest BCUT2D eigenvalue weighted by Crippen LogP contribution is 2.38. The van der Waals surface area contributed by atoms with Gasteiger partial charge in [0, 0.05) is 18.7 Å². The van der Waals surface area contributed by atoms with Crippen molar-refractivity contribution in [1.82, 2.24) is 4.98 Å². The Balaban J connectivity index is 1.94. The van der Waals surface area contributed by atoms with Crippen LogP contribution in [0.3, 0.4) is 0 Å². The molecule has 3 rings (SSSR count). The summed E-state index contributed by atoms with van der Waals surface area (Å²) in [5, 5.41) is 39.6. The summed E-state index contributed by atoms with van der Waals surface area (Å²) in [7, 11) is -12.8. The van der Waals surface area contributed by atoms with Crippen molar-refractivity contribution in [3.05, 3.63) is 48.0 Å². The molecule has 2 aromatic carbocycles. The summed E-state index contributed by atoms with van der Waals surface area (Å²) in [5.41, 5.74) is 6.49. The van der Waals surface area contributed by atoms with Gasteiger partial charge in [-0.2, -0.15) is 27.1 Å². The molecule has 0 spiro atoms. The second-order valence-electron chi connectivity index (χ2n) is 9.14. The number of rotatable bonds is 15. The van der Waals surface area contributed by atoms with Gasteiger partial charge in [0.05, 0.1) is 46.7 Å². The molecule has 0 unspecified atom stereocenters. The number of nitrogens with two attached hydrogens (primary N) is 1. The minimum atomic E-state index is -4.85. The van der Waals surface area contributed by atoms with Crippen molar-refractivity contribution in [2.24, 2.45) is 20.5 Å². The van der Waals surface area contributed by atoms with Gasteiger partial charge in [0.2, 0.25) is 0 Å². The Morgan fingerprint density at radius 3 is 1.98 bits per heavy atom. The third-order valence-electron chi connectivity index (χ3n) is 5.87. The average molecular weight is 687 g/mol. The highest BCUT2D eigenvalue weighted by molar-refractivity contribution is 7.91. The molecule has 0 saturated carbocycles. The molecule has 0 amide bonds. The number of anilines is 3. The van der Waals surface area contributed by atoms with E-state index in [-0.39, 0.29) is 70.4 Å². The van der Waals surface area contributed by atoms with E-state index in [9.17, 15) is 34.9 Å². The molecule has 244 valence electrons. The van der Waals surface area contributed by atoms with Gasteiger partial charge in [-0.25, -0.2) is 13.4 Å². The monoisotopic (exact) mass is 686 g/mol. The predicted octanol–water partition coefficient (Wildman–Crippen LogP) is 2.52. The van der Waals surface area contributed by atoms with Crippen molar-refractivity contribution in [2.45, 2.75) is 16.7 Å². The van der Waals surface area contributed by atoms with Gasteiger partial charge in [-0.05, 0) is 49.4 Å². The minimum absolute atomic E-state index is 0.0238. The Kier molecular flexibility index (Phi) is 11.6. The van der Waals surface area contributed by atoms with E-state index < -0.39 is 47.3 Å². The topological polar surface area (TPSA) is 296 Å². The van der Waals surface area contributed by atoms with Gasteiger partial charge >= 0.3 is 0 Å². The number of nitrogens with zero attached hydrogens (tertiary/aromatic N) is 5. The van der Waals surface area contributed by atoms with E-state index in [0.29, 0.717) is 5.56 Å². The number of benzene rings is 2. The van der Waals surface area contributed by atoms with Gasteiger partial charge in [-0.15, -0.1) is 10.2 Å². The van der Waals surface area contributed by atoms with Crippen LogP contribution in [0.15, 0.2) is 72.7 Å². The average Bonchev–Trinajstić information content (AvgIpc) is 2.96. The number of hydrogen-bond acceptors (Lipinski definition) is 16. The van der Waals surface area contributed by atoms with E-state index in [1.54, 1.807) is 6.92 Å². The maximum Gasteiger partial charge on any atom is 0.296 e. The number of aromatic nitrogens is 1. The zero-order valence-corrected chi connectivity index (χ0v) is 26.0. The zero-order valence-electron chi connectivity index (χ0n) is 23.6.